The maximum atomic E-state index is 12.0. The summed E-state index contributed by atoms with van der Waals surface area (Å²) in [6, 6.07) is 9.47. The average molecular weight is 389 g/mol. The standard InChI is InChI=1S/C16H11N3O5S2/c20-14(17-10-4-1-2-5-12(10)19(22)23)8-24-16(21)11-9-26-15(18-11)13-6-3-7-25-13/h1-7,9H,8H2,(H,17,20). The molecule has 1 amide bonds. The van der Waals surface area contributed by atoms with Crippen LogP contribution in [0, 0.1) is 10.1 Å². The summed E-state index contributed by atoms with van der Waals surface area (Å²) in [5.41, 5.74) is -0.101. The summed E-state index contributed by atoms with van der Waals surface area (Å²) in [5, 5.41) is 17.4. The van der Waals surface area contributed by atoms with E-state index in [9.17, 15) is 19.7 Å². The molecule has 2 aromatic heterocycles. The number of nitrogens with zero attached hydrogens (tertiary/aromatic N) is 2. The molecule has 0 bridgehead atoms. The third-order valence-corrected chi connectivity index (χ3v) is 5.04. The number of anilines is 1. The van der Waals surface area contributed by atoms with Crippen LogP contribution >= 0.6 is 22.7 Å². The van der Waals surface area contributed by atoms with Crippen molar-refractivity contribution >= 4 is 45.9 Å². The SMILES string of the molecule is O=C(COC(=O)c1csc(-c2cccs2)n1)Nc1ccccc1[N+](=O)[O-]. The van der Waals surface area contributed by atoms with Crippen LogP contribution < -0.4 is 5.32 Å². The monoisotopic (exact) mass is 389 g/mol. The van der Waals surface area contributed by atoms with Crippen LogP contribution in [-0.2, 0) is 9.53 Å². The number of hydrogen-bond donors (Lipinski definition) is 1. The normalized spacial score (nSPS) is 10.3. The molecule has 1 aromatic carbocycles. The Bertz CT molecular complexity index is 952. The van der Waals surface area contributed by atoms with Crippen LogP contribution in [0.5, 0.6) is 0 Å². The zero-order valence-corrected chi connectivity index (χ0v) is 14.7. The molecule has 8 nitrogen and oxygen atoms in total. The number of para-hydroxylation sites is 2. The Kier molecular flexibility index (Phi) is 5.34. The van der Waals surface area contributed by atoms with Crippen LogP contribution in [0.3, 0.4) is 0 Å². The van der Waals surface area contributed by atoms with Gasteiger partial charge >= 0.3 is 5.97 Å². The molecule has 26 heavy (non-hydrogen) atoms. The first kappa shape index (κ1) is 17.7. The van der Waals surface area contributed by atoms with E-state index in [-0.39, 0.29) is 17.1 Å². The van der Waals surface area contributed by atoms with E-state index in [1.165, 1.54) is 40.9 Å². The van der Waals surface area contributed by atoms with Gasteiger partial charge in [-0.25, -0.2) is 9.78 Å². The van der Waals surface area contributed by atoms with Gasteiger partial charge in [0.2, 0.25) is 0 Å². The van der Waals surface area contributed by atoms with E-state index in [1.54, 1.807) is 11.4 Å². The molecule has 3 rings (SSSR count). The van der Waals surface area contributed by atoms with Gasteiger partial charge in [0.05, 0.1) is 9.80 Å². The van der Waals surface area contributed by atoms with Gasteiger partial charge in [0, 0.05) is 11.4 Å². The van der Waals surface area contributed by atoms with Gasteiger partial charge in [-0.3, -0.25) is 14.9 Å². The number of carbonyl (C=O) groups is 2. The fourth-order valence-corrected chi connectivity index (χ4v) is 3.61. The van der Waals surface area contributed by atoms with Crippen molar-refractivity contribution in [3.05, 3.63) is 63.0 Å². The second-order valence-electron chi connectivity index (χ2n) is 4.91. The molecule has 0 spiro atoms. The van der Waals surface area contributed by atoms with E-state index < -0.39 is 23.4 Å². The van der Waals surface area contributed by atoms with Crippen LogP contribution in [0.2, 0.25) is 0 Å². The number of thiazole rings is 1. The van der Waals surface area contributed by atoms with Crippen molar-refractivity contribution < 1.29 is 19.2 Å². The van der Waals surface area contributed by atoms with Gasteiger partial charge < -0.3 is 10.1 Å². The topological polar surface area (TPSA) is 111 Å². The van der Waals surface area contributed by atoms with Crippen molar-refractivity contribution in [3.63, 3.8) is 0 Å². The number of nitrogens with one attached hydrogen (secondary N) is 1. The number of thiophene rings is 1. The van der Waals surface area contributed by atoms with E-state index in [4.69, 9.17) is 4.74 Å². The van der Waals surface area contributed by atoms with Crippen LogP contribution in [0.25, 0.3) is 9.88 Å². The lowest BCUT2D eigenvalue weighted by Gasteiger charge is -2.06. The van der Waals surface area contributed by atoms with E-state index in [2.05, 4.69) is 10.3 Å². The Morgan fingerprint density at radius 2 is 2.00 bits per heavy atom. The number of carbonyl (C=O) groups excluding carboxylic acids is 2. The van der Waals surface area contributed by atoms with Crippen LogP contribution in [0.4, 0.5) is 11.4 Å². The molecular formula is C16H11N3O5S2. The highest BCUT2D eigenvalue weighted by molar-refractivity contribution is 7.20. The van der Waals surface area contributed by atoms with Crippen molar-refractivity contribution in [2.75, 3.05) is 11.9 Å². The molecule has 0 aliphatic heterocycles. The largest absolute Gasteiger partial charge is 0.451 e. The average Bonchev–Trinajstić information content (AvgIpc) is 3.31. The lowest BCUT2D eigenvalue weighted by atomic mass is 10.2. The molecular weight excluding hydrogens is 378 g/mol. The third-order valence-electron chi connectivity index (χ3n) is 3.15. The van der Waals surface area contributed by atoms with Gasteiger partial charge in [-0.15, -0.1) is 22.7 Å². The summed E-state index contributed by atoms with van der Waals surface area (Å²) >= 11 is 2.80. The summed E-state index contributed by atoms with van der Waals surface area (Å²) in [6.07, 6.45) is 0. The molecule has 0 radical (unpaired) electrons. The predicted molar refractivity (Wildman–Crippen MR) is 97.4 cm³/mol. The number of nitro benzene ring substituents is 1. The van der Waals surface area contributed by atoms with Gasteiger partial charge in [0.25, 0.3) is 11.6 Å². The molecule has 10 heteroatoms. The minimum Gasteiger partial charge on any atom is -0.451 e. The highest BCUT2D eigenvalue weighted by atomic mass is 32.1. The summed E-state index contributed by atoms with van der Waals surface area (Å²) < 4.78 is 4.92. The Morgan fingerprint density at radius 3 is 2.73 bits per heavy atom. The molecule has 0 aliphatic carbocycles. The Balaban J connectivity index is 1.58. The zero-order chi connectivity index (χ0) is 18.5. The lowest BCUT2D eigenvalue weighted by Crippen LogP contribution is -2.21. The number of esters is 1. The van der Waals surface area contributed by atoms with Gasteiger partial charge in [0.15, 0.2) is 12.3 Å². The van der Waals surface area contributed by atoms with Crippen LogP contribution in [0.15, 0.2) is 47.2 Å². The van der Waals surface area contributed by atoms with Gasteiger partial charge in [-0.05, 0) is 17.5 Å². The molecule has 0 unspecified atom stereocenters. The fourth-order valence-electron chi connectivity index (χ4n) is 2.01. The van der Waals surface area contributed by atoms with Gasteiger partial charge in [-0.2, -0.15) is 0 Å². The lowest BCUT2D eigenvalue weighted by molar-refractivity contribution is -0.383. The highest BCUT2D eigenvalue weighted by Gasteiger charge is 2.18. The first-order valence-corrected chi connectivity index (χ1v) is 9.00. The molecule has 0 aliphatic rings. The van der Waals surface area contributed by atoms with Crippen molar-refractivity contribution in [1.82, 2.24) is 4.98 Å². The quantitative estimate of drug-likeness (QED) is 0.392. The molecule has 3 aromatic rings. The molecule has 0 saturated carbocycles. The number of nitro groups is 1. The first-order chi connectivity index (χ1) is 12.5. The summed E-state index contributed by atoms with van der Waals surface area (Å²) in [4.78, 5) is 39.3. The molecule has 0 fully saturated rings. The number of aromatic nitrogens is 1. The highest BCUT2D eigenvalue weighted by Crippen LogP contribution is 2.28. The number of benzene rings is 1. The van der Waals surface area contributed by atoms with E-state index in [1.807, 2.05) is 17.5 Å². The molecule has 0 saturated heterocycles. The minimum absolute atomic E-state index is 0.0344. The Labute approximate surface area is 155 Å². The van der Waals surface area contributed by atoms with E-state index in [0.29, 0.717) is 5.01 Å². The molecule has 132 valence electrons. The van der Waals surface area contributed by atoms with E-state index in [0.717, 1.165) is 4.88 Å². The predicted octanol–water partition coefficient (Wildman–Crippen LogP) is 3.58. The van der Waals surface area contributed by atoms with Crippen molar-refractivity contribution in [3.8, 4) is 9.88 Å². The van der Waals surface area contributed by atoms with Crippen molar-refractivity contribution in [2.45, 2.75) is 0 Å². The molecule has 2 heterocycles. The maximum absolute atomic E-state index is 12.0. The third kappa shape index (κ3) is 4.10. The van der Waals surface area contributed by atoms with Crippen LogP contribution in [-0.4, -0.2) is 28.4 Å². The second-order valence-corrected chi connectivity index (χ2v) is 6.72. The van der Waals surface area contributed by atoms with Gasteiger partial charge in [0.1, 0.15) is 10.7 Å². The van der Waals surface area contributed by atoms with Gasteiger partial charge in [-0.1, -0.05) is 18.2 Å². The zero-order valence-electron chi connectivity index (χ0n) is 13.1. The number of hydrogen-bond acceptors (Lipinski definition) is 8. The number of amides is 1. The summed E-state index contributed by atoms with van der Waals surface area (Å²) in [5.74, 6) is -1.41. The number of ether oxygens (including phenoxy) is 1. The second kappa shape index (κ2) is 7.85. The summed E-state index contributed by atoms with van der Waals surface area (Å²) in [6.45, 7) is -0.573. The Hall–Kier alpha value is -3.11. The Morgan fingerprint density at radius 1 is 1.19 bits per heavy atom. The smallest absolute Gasteiger partial charge is 0.358 e. The molecule has 1 N–H and O–H groups in total. The maximum Gasteiger partial charge on any atom is 0.358 e. The fraction of sp³-hybridized carbons (Fsp3) is 0.0625. The number of rotatable bonds is 6. The van der Waals surface area contributed by atoms with E-state index >= 15 is 0 Å². The van der Waals surface area contributed by atoms with Crippen molar-refractivity contribution in [2.24, 2.45) is 0 Å². The summed E-state index contributed by atoms with van der Waals surface area (Å²) in [7, 11) is 0. The van der Waals surface area contributed by atoms with Crippen LogP contribution in [0.1, 0.15) is 10.5 Å². The molecule has 0 atom stereocenters. The minimum atomic E-state index is -0.734. The first-order valence-electron chi connectivity index (χ1n) is 7.24. The van der Waals surface area contributed by atoms with Crippen molar-refractivity contribution in [1.29, 1.82) is 0 Å².